The highest BCUT2D eigenvalue weighted by Crippen LogP contribution is 2.41. The normalized spacial score (nSPS) is 25.3. The number of likely N-dealkylation sites (tertiary alicyclic amines) is 1. The third-order valence-electron chi connectivity index (χ3n) is 5.63. The Morgan fingerprint density at radius 2 is 2.08 bits per heavy atom. The molecule has 0 bridgehead atoms. The fraction of sp³-hybridized carbons (Fsp3) is 0.632. The first-order valence-corrected chi connectivity index (χ1v) is 9.30. The lowest BCUT2D eigenvalue weighted by atomic mass is 9.72. The van der Waals surface area contributed by atoms with Crippen molar-refractivity contribution in [3.8, 4) is 0 Å². The minimum Gasteiger partial charge on any atom is -0.381 e. The van der Waals surface area contributed by atoms with Crippen molar-refractivity contribution in [1.29, 1.82) is 0 Å². The van der Waals surface area contributed by atoms with Crippen LogP contribution in [0.3, 0.4) is 0 Å². The average molecular weight is 351 g/mol. The van der Waals surface area contributed by atoms with Crippen molar-refractivity contribution >= 4 is 17.5 Å². The lowest BCUT2D eigenvalue weighted by molar-refractivity contribution is -0.143. The smallest absolute Gasteiger partial charge is 0.233 e. The Kier molecular flexibility index (Phi) is 5.48. The van der Waals surface area contributed by atoms with E-state index in [1.807, 2.05) is 36.1 Å². The van der Waals surface area contributed by atoms with Crippen LogP contribution in [0.15, 0.2) is 24.3 Å². The Labute approximate surface area is 149 Å². The van der Waals surface area contributed by atoms with Crippen LogP contribution in [0.5, 0.6) is 0 Å². The molecule has 132 valence electrons. The largest absolute Gasteiger partial charge is 0.381 e. The molecule has 4 nitrogen and oxygen atoms in total. The zero-order valence-corrected chi connectivity index (χ0v) is 15.1. The highest BCUT2D eigenvalue weighted by atomic mass is 35.5. The second-order valence-corrected chi connectivity index (χ2v) is 7.59. The number of amides is 1. The third kappa shape index (κ3) is 3.32. The van der Waals surface area contributed by atoms with Crippen LogP contribution in [0, 0.1) is 5.92 Å². The Morgan fingerprint density at radius 3 is 2.75 bits per heavy atom. The summed E-state index contributed by atoms with van der Waals surface area (Å²) in [4.78, 5) is 15.6. The van der Waals surface area contributed by atoms with Crippen LogP contribution in [-0.2, 0) is 14.9 Å². The molecule has 0 aliphatic carbocycles. The summed E-state index contributed by atoms with van der Waals surface area (Å²) >= 11 is 6.48. The summed E-state index contributed by atoms with van der Waals surface area (Å²) in [5.41, 5.74) is 6.48. The van der Waals surface area contributed by atoms with E-state index in [4.69, 9.17) is 22.1 Å². The van der Waals surface area contributed by atoms with Gasteiger partial charge < -0.3 is 15.4 Å². The van der Waals surface area contributed by atoms with Gasteiger partial charge in [0.25, 0.3) is 0 Å². The molecule has 1 aromatic carbocycles. The van der Waals surface area contributed by atoms with Crippen LogP contribution in [0.4, 0.5) is 0 Å². The fourth-order valence-corrected chi connectivity index (χ4v) is 4.41. The van der Waals surface area contributed by atoms with Crippen molar-refractivity contribution in [2.75, 3.05) is 26.3 Å². The molecule has 2 aliphatic heterocycles. The van der Waals surface area contributed by atoms with Crippen LogP contribution in [0.1, 0.15) is 38.2 Å². The molecule has 24 heavy (non-hydrogen) atoms. The number of benzene rings is 1. The van der Waals surface area contributed by atoms with Gasteiger partial charge in [-0.05, 0) is 50.2 Å². The van der Waals surface area contributed by atoms with Crippen molar-refractivity contribution in [1.82, 2.24) is 4.90 Å². The highest BCUT2D eigenvalue weighted by molar-refractivity contribution is 6.31. The quantitative estimate of drug-likeness (QED) is 0.911. The molecule has 2 aliphatic rings. The van der Waals surface area contributed by atoms with E-state index in [1.165, 1.54) is 0 Å². The molecule has 2 atom stereocenters. The summed E-state index contributed by atoms with van der Waals surface area (Å²) < 4.78 is 5.55. The number of rotatable bonds is 3. The highest BCUT2D eigenvalue weighted by Gasteiger charge is 2.46. The minimum absolute atomic E-state index is 0.117. The van der Waals surface area contributed by atoms with Gasteiger partial charge in [0.05, 0.1) is 5.41 Å². The van der Waals surface area contributed by atoms with E-state index >= 15 is 0 Å². The maximum Gasteiger partial charge on any atom is 0.233 e. The van der Waals surface area contributed by atoms with Crippen molar-refractivity contribution in [2.45, 2.75) is 44.1 Å². The Balaban J connectivity index is 1.91. The van der Waals surface area contributed by atoms with Gasteiger partial charge in [0.1, 0.15) is 0 Å². The van der Waals surface area contributed by atoms with Gasteiger partial charge in [-0.25, -0.2) is 0 Å². The van der Waals surface area contributed by atoms with Gasteiger partial charge in [-0.1, -0.05) is 29.8 Å². The number of carbonyl (C=O) groups excluding carboxylic acids is 1. The minimum atomic E-state index is -0.559. The van der Waals surface area contributed by atoms with E-state index in [1.54, 1.807) is 0 Å². The first kappa shape index (κ1) is 17.7. The number of piperidine rings is 1. The summed E-state index contributed by atoms with van der Waals surface area (Å²) in [5.74, 6) is 0.579. The predicted molar refractivity (Wildman–Crippen MR) is 96.1 cm³/mol. The molecule has 3 rings (SSSR count). The molecule has 0 unspecified atom stereocenters. The Hall–Kier alpha value is -1.10. The predicted octanol–water partition coefficient (Wildman–Crippen LogP) is 2.97. The maximum absolute atomic E-state index is 13.6. The molecule has 0 saturated carbocycles. The number of carbonyl (C=O) groups is 1. The molecular weight excluding hydrogens is 324 g/mol. The molecule has 1 aromatic rings. The van der Waals surface area contributed by atoms with Crippen molar-refractivity contribution in [3.05, 3.63) is 34.9 Å². The van der Waals surface area contributed by atoms with Crippen LogP contribution in [0.2, 0.25) is 5.02 Å². The lowest BCUT2D eigenvalue weighted by Gasteiger charge is -2.43. The molecule has 2 heterocycles. The van der Waals surface area contributed by atoms with Gasteiger partial charge >= 0.3 is 0 Å². The lowest BCUT2D eigenvalue weighted by Crippen LogP contribution is -2.54. The van der Waals surface area contributed by atoms with Gasteiger partial charge in [-0.15, -0.1) is 0 Å². The summed E-state index contributed by atoms with van der Waals surface area (Å²) in [6.45, 7) is 4.80. The first-order valence-electron chi connectivity index (χ1n) is 8.92. The Bertz CT molecular complexity index is 584. The van der Waals surface area contributed by atoms with Gasteiger partial charge in [0, 0.05) is 37.4 Å². The number of hydrogen-bond donors (Lipinski definition) is 1. The number of halogens is 1. The fourth-order valence-electron chi connectivity index (χ4n) is 4.09. The molecule has 1 amide bonds. The zero-order chi connectivity index (χ0) is 17.2. The molecule has 0 radical (unpaired) electrons. The van der Waals surface area contributed by atoms with Crippen LogP contribution in [-0.4, -0.2) is 43.2 Å². The molecule has 2 fully saturated rings. The van der Waals surface area contributed by atoms with E-state index < -0.39 is 5.41 Å². The number of nitrogens with two attached hydrogens (primary N) is 1. The van der Waals surface area contributed by atoms with Gasteiger partial charge in [0.15, 0.2) is 0 Å². The summed E-state index contributed by atoms with van der Waals surface area (Å²) in [7, 11) is 0. The second kappa shape index (κ2) is 7.42. The van der Waals surface area contributed by atoms with Crippen LogP contribution in [0.25, 0.3) is 0 Å². The summed E-state index contributed by atoms with van der Waals surface area (Å²) in [6, 6.07) is 7.87. The third-order valence-corrected chi connectivity index (χ3v) is 5.96. The van der Waals surface area contributed by atoms with Crippen molar-refractivity contribution < 1.29 is 9.53 Å². The summed E-state index contributed by atoms with van der Waals surface area (Å²) in [6.07, 6.45) is 3.50. The molecule has 2 N–H and O–H groups in total. The van der Waals surface area contributed by atoms with Crippen molar-refractivity contribution in [2.24, 2.45) is 11.7 Å². The van der Waals surface area contributed by atoms with E-state index in [0.29, 0.717) is 37.0 Å². The first-order chi connectivity index (χ1) is 11.5. The number of nitrogens with zero attached hydrogens (tertiary/aromatic N) is 1. The maximum atomic E-state index is 13.6. The number of hydrogen-bond acceptors (Lipinski definition) is 3. The van der Waals surface area contributed by atoms with Gasteiger partial charge in [0.2, 0.25) is 5.91 Å². The molecule has 0 aromatic heterocycles. The standard InChI is InChI=1S/C19H27ClN2O2/c1-14(21)15-5-4-10-22(13-15)18(23)19(8-11-24-12-9-19)16-6-2-3-7-17(16)20/h2-3,6-7,14-15H,4-5,8-13,21H2,1H3/t14-,15-/m0/s1. The van der Waals surface area contributed by atoms with Crippen LogP contribution < -0.4 is 5.73 Å². The van der Waals surface area contributed by atoms with Gasteiger partial charge in [-0.2, -0.15) is 0 Å². The van der Waals surface area contributed by atoms with E-state index in [-0.39, 0.29) is 11.9 Å². The molecule has 2 saturated heterocycles. The van der Waals surface area contributed by atoms with E-state index in [0.717, 1.165) is 31.5 Å². The molecule has 5 heteroatoms. The average Bonchev–Trinajstić information content (AvgIpc) is 2.62. The Morgan fingerprint density at radius 1 is 1.38 bits per heavy atom. The van der Waals surface area contributed by atoms with Crippen molar-refractivity contribution in [3.63, 3.8) is 0 Å². The van der Waals surface area contributed by atoms with E-state index in [2.05, 4.69) is 0 Å². The monoisotopic (exact) mass is 350 g/mol. The second-order valence-electron chi connectivity index (χ2n) is 7.19. The molecular formula is C19H27ClN2O2. The van der Waals surface area contributed by atoms with E-state index in [9.17, 15) is 4.79 Å². The summed E-state index contributed by atoms with van der Waals surface area (Å²) in [5, 5.41) is 0.675. The SMILES string of the molecule is C[C@H](N)[C@H]1CCCN(C(=O)C2(c3ccccc3Cl)CCOCC2)C1. The van der Waals surface area contributed by atoms with Crippen LogP contribution >= 0.6 is 11.6 Å². The van der Waals surface area contributed by atoms with Gasteiger partial charge in [-0.3, -0.25) is 4.79 Å². The topological polar surface area (TPSA) is 55.6 Å². The molecule has 0 spiro atoms. The zero-order valence-electron chi connectivity index (χ0n) is 14.3. The number of ether oxygens (including phenoxy) is 1.